The van der Waals surface area contributed by atoms with Crippen molar-refractivity contribution in [3.05, 3.63) is 70.0 Å². The van der Waals surface area contributed by atoms with Crippen molar-refractivity contribution in [2.45, 2.75) is 6.92 Å². The Morgan fingerprint density at radius 1 is 1.20 bits per heavy atom. The Kier molecular flexibility index (Phi) is 4.61. The van der Waals surface area contributed by atoms with E-state index in [1.165, 1.54) is 6.21 Å². The van der Waals surface area contributed by atoms with Crippen LogP contribution in [0.3, 0.4) is 0 Å². The van der Waals surface area contributed by atoms with E-state index in [0.29, 0.717) is 34.1 Å². The van der Waals surface area contributed by atoms with Crippen LogP contribution in [0.25, 0.3) is 10.8 Å². The van der Waals surface area contributed by atoms with Gasteiger partial charge in [0.05, 0.1) is 11.3 Å². The molecule has 0 atom stereocenters. The number of carbonyl (C=O) groups excluding carboxylic acids is 1. The van der Waals surface area contributed by atoms with Crippen molar-refractivity contribution in [1.82, 2.24) is 10.3 Å². The number of amides is 1. The largest absolute Gasteiger partial charge is 0.494 e. The van der Waals surface area contributed by atoms with Gasteiger partial charge in [0.25, 0.3) is 11.5 Å². The molecule has 3 aromatic rings. The number of hydrogen-bond acceptors (Lipinski definition) is 4. The van der Waals surface area contributed by atoms with E-state index in [0.717, 1.165) is 0 Å². The first-order chi connectivity index (χ1) is 12.1. The highest BCUT2D eigenvalue weighted by Crippen LogP contribution is 2.22. The minimum atomic E-state index is -0.358. The highest BCUT2D eigenvalue weighted by molar-refractivity contribution is 6.02. The van der Waals surface area contributed by atoms with Gasteiger partial charge in [0.2, 0.25) is 5.88 Å². The molecule has 1 amide bonds. The second-order valence-corrected chi connectivity index (χ2v) is 5.43. The van der Waals surface area contributed by atoms with Crippen LogP contribution in [-0.4, -0.2) is 28.8 Å². The van der Waals surface area contributed by atoms with Crippen molar-refractivity contribution in [1.29, 1.82) is 0 Å². The maximum atomic E-state index is 11.9. The number of aromatic nitrogens is 1. The van der Waals surface area contributed by atoms with E-state index in [1.54, 1.807) is 48.5 Å². The molecule has 1 aromatic heterocycles. The molecule has 0 saturated heterocycles. The van der Waals surface area contributed by atoms with Crippen LogP contribution in [0.2, 0.25) is 0 Å². The summed E-state index contributed by atoms with van der Waals surface area (Å²) >= 11 is 0. The number of hydrogen-bond donors (Lipinski definition) is 3. The lowest BCUT2D eigenvalue weighted by Crippen LogP contribution is -2.22. The van der Waals surface area contributed by atoms with Gasteiger partial charge in [-0.05, 0) is 31.2 Å². The molecule has 3 rings (SSSR count). The summed E-state index contributed by atoms with van der Waals surface area (Å²) in [7, 11) is 0. The molecule has 6 nitrogen and oxygen atoms in total. The standard InChI is InChI=1S/C19H17N3O3/c1-2-20-17(23)12-6-5-7-13(10-12)21-11-16-14-8-3-4-9-15(14)18(24)22-19(16)25/h3-11H,2H2,1H3,(H,20,23)(H2,22,24,25). The smallest absolute Gasteiger partial charge is 0.258 e. The number of benzene rings is 2. The number of aromatic amines is 1. The molecular weight excluding hydrogens is 318 g/mol. The number of pyridine rings is 1. The van der Waals surface area contributed by atoms with Gasteiger partial charge in [-0.3, -0.25) is 19.6 Å². The van der Waals surface area contributed by atoms with Crippen molar-refractivity contribution in [3.63, 3.8) is 0 Å². The summed E-state index contributed by atoms with van der Waals surface area (Å²) in [6.07, 6.45) is 1.48. The summed E-state index contributed by atoms with van der Waals surface area (Å²) in [5.41, 5.74) is 1.13. The summed E-state index contributed by atoms with van der Waals surface area (Å²) in [5.74, 6) is -0.413. The van der Waals surface area contributed by atoms with Gasteiger partial charge in [-0.2, -0.15) is 0 Å². The fourth-order valence-corrected chi connectivity index (χ4v) is 2.55. The van der Waals surface area contributed by atoms with Crippen molar-refractivity contribution in [3.8, 4) is 5.88 Å². The molecule has 6 heteroatoms. The SMILES string of the molecule is CCNC(=O)c1cccc(N=Cc2c(O)[nH]c(=O)c3ccccc23)c1. The van der Waals surface area contributed by atoms with Crippen LogP contribution in [0.15, 0.2) is 58.3 Å². The van der Waals surface area contributed by atoms with Crippen LogP contribution in [0.5, 0.6) is 5.88 Å². The van der Waals surface area contributed by atoms with Gasteiger partial charge in [-0.25, -0.2) is 0 Å². The van der Waals surface area contributed by atoms with E-state index in [-0.39, 0.29) is 17.3 Å². The lowest BCUT2D eigenvalue weighted by molar-refractivity contribution is 0.0956. The van der Waals surface area contributed by atoms with Gasteiger partial charge in [-0.15, -0.1) is 0 Å². The quantitative estimate of drug-likeness (QED) is 0.640. The molecule has 25 heavy (non-hydrogen) atoms. The number of fused-ring (bicyclic) bond motifs is 1. The molecule has 1 heterocycles. The van der Waals surface area contributed by atoms with Crippen LogP contribution < -0.4 is 10.9 Å². The molecule has 0 saturated carbocycles. The topological polar surface area (TPSA) is 94.5 Å². The number of nitrogens with zero attached hydrogens (tertiary/aromatic N) is 1. The van der Waals surface area contributed by atoms with Crippen LogP contribution in [0.1, 0.15) is 22.8 Å². The lowest BCUT2D eigenvalue weighted by Gasteiger charge is -2.05. The maximum Gasteiger partial charge on any atom is 0.258 e. The number of H-pyrrole nitrogens is 1. The predicted molar refractivity (Wildman–Crippen MR) is 97.9 cm³/mol. The third kappa shape index (κ3) is 3.42. The minimum Gasteiger partial charge on any atom is -0.494 e. The molecule has 0 aliphatic heterocycles. The molecule has 126 valence electrons. The molecular formula is C19H17N3O3. The molecule has 0 aliphatic carbocycles. The van der Waals surface area contributed by atoms with E-state index in [2.05, 4.69) is 15.3 Å². The Morgan fingerprint density at radius 3 is 2.72 bits per heavy atom. The van der Waals surface area contributed by atoms with Gasteiger partial charge in [-0.1, -0.05) is 24.3 Å². The van der Waals surface area contributed by atoms with Crippen molar-refractivity contribution >= 4 is 28.6 Å². The zero-order chi connectivity index (χ0) is 17.8. The lowest BCUT2D eigenvalue weighted by atomic mass is 10.1. The molecule has 0 unspecified atom stereocenters. The number of aliphatic imine (C=N–C) groups is 1. The first-order valence-corrected chi connectivity index (χ1v) is 7.86. The molecule has 0 fully saturated rings. The Hall–Kier alpha value is -3.41. The number of carbonyl (C=O) groups is 1. The monoisotopic (exact) mass is 335 g/mol. The Balaban J connectivity index is 2.01. The summed E-state index contributed by atoms with van der Waals surface area (Å²) in [6, 6.07) is 13.8. The van der Waals surface area contributed by atoms with E-state index in [1.807, 2.05) is 6.92 Å². The molecule has 2 aromatic carbocycles. The highest BCUT2D eigenvalue weighted by Gasteiger charge is 2.09. The van der Waals surface area contributed by atoms with Gasteiger partial charge >= 0.3 is 0 Å². The van der Waals surface area contributed by atoms with Gasteiger partial charge in [0, 0.05) is 29.1 Å². The predicted octanol–water partition coefficient (Wildman–Crippen LogP) is 2.73. The molecule has 0 radical (unpaired) electrons. The third-order valence-electron chi connectivity index (χ3n) is 3.74. The van der Waals surface area contributed by atoms with E-state index < -0.39 is 0 Å². The minimum absolute atomic E-state index is 0.170. The third-order valence-corrected chi connectivity index (χ3v) is 3.74. The molecule has 3 N–H and O–H groups in total. The van der Waals surface area contributed by atoms with Crippen LogP contribution in [0.4, 0.5) is 5.69 Å². The molecule has 0 aliphatic rings. The Morgan fingerprint density at radius 2 is 1.96 bits per heavy atom. The summed E-state index contributed by atoms with van der Waals surface area (Å²) in [4.78, 5) is 30.5. The first kappa shape index (κ1) is 16.4. The fraction of sp³-hybridized carbons (Fsp3) is 0.105. The normalized spacial score (nSPS) is 11.1. The van der Waals surface area contributed by atoms with E-state index >= 15 is 0 Å². The second-order valence-electron chi connectivity index (χ2n) is 5.43. The fourth-order valence-electron chi connectivity index (χ4n) is 2.55. The average Bonchev–Trinajstić information content (AvgIpc) is 2.62. The number of rotatable bonds is 4. The molecule has 0 bridgehead atoms. The highest BCUT2D eigenvalue weighted by atomic mass is 16.3. The van der Waals surface area contributed by atoms with Crippen molar-refractivity contribution < 1.29 is 9.90 Å². The average molecular weight is 335 g/mol. The van der Waals surface area contributed by atoms with Gasteiger partial charge in [0.15, 0.2) is 0 Å². The van der Waals surface area contributed by atoms with Crippen LogP contribution >= 0.6 is 0 Å². The second kappa shape index (κ2) is 7.00. The number of aromatic hydroxyl groups is 1. The van der Waals surface area contributed by atoms with Crippen molar-refractivity contribution in [2.24, 2.45) is 4.99 Å². The number of nitrogens with one attached hydrogen (secondary N) is 2. The van der Waals surface area contributed by atoms with Crippen LogP contribution in [0, 0.1) is 0 Å². The van der Waals surface area contributed by atoms with E-state index in [9.17, 15) is 14.7 Å². The first-order valence-electron chi connectivity index (χ1n) is 7.86. The summed E-state index contributed by atoms with van der Waals surface area (Å²) < 4.78 is 0. The Bertz CT molecular complexity index is 1020. The zero-order valence-electron chi connectivity index (χ0n) is 13.6. The van der Waals surface area contributed by atoms with Gasteiger partial charge in [0.1, 0.15) is 0 Å². The van der Waals surface area contributed by atoms with Crippen LogP contribution in [-0.2, 0) is 0 Å². The Labute approximate surface area is 143 Å². The zero-order valence-corrected chi connectivity index (χ0v) is 13.6. The summed E-state index contributed by atoms with van der Waals surface area (Å²) in [5, 5.41) is 13.9. The van der Waals surface area contributed by atoms with Gasteiger partial charge < -0.3 is 10.4 Å². The summed E-state index contributed by atoms with van der Waals surface area (Å²) in [6.45, 7) is 2.40. The maximum absolute atomic E-state index is 11.9. The van der Waals surface area contributed by atoms with Crippen molar-refractivity contribution in [2.75, 3.05) is 6.54 Å². The molecule has 0 spiro atoms. The van der Waals surface area contributed by atoms with E-state index in [4.69, 9.17) is 0 Å².